The van der Waals surface area contributed by atoms with Gasteiger partial charge in [-0.2, -0.15) is 0 Å². The molecule has 14 amide bonds. The minimum atomic E-state index is -1.97. The van der Waals surface area contributed by atoms with Gasteiger partial charge in [0.05, 0.1) is 45.4 Å². The van der Waals surface area contributed by atoms with Crippen LogP contribution in [-0.4, -0.2) is 232 Å². The van der Waals surface area contributed by atoms with Gasteiger partial charge in [0.1, 0.15) is 66.5 Å². The molecule has 0 spiro atoms. The van der Waals surface area contributed by atoms with E-state index in [-0.39, 0.29) is 70.4 Å². The quantitative estimate of drug-likeness (QED) is 0.0142. The Morgan fingerprint density at radius 1 is 0.476 bits per heavy atom. The predicted molar refractivity (Wildman–Crippen MR) is 373 cm³/mol. The minimum Gasteiger partial charge on any atom is -0.481 e. The number of nitrogens with one attached hydrogen (secondary N) is 14. The lowest BCUT2D eigenvalue weighted by molar-refractivity contribution is -0.142. The zero-order valence-corrected chi connectivity index (χ0v) is 58.5. The summed E-state index contributed by atoms with van der Waals surface area (Å²) in [5, 5.41) is 60.7. The summed E-state index contributed by atoms with van der Waals surface area (Å²) in [6.07, 6.45) is 0.765. The van der Waals surface area contributed by atoms with Gasteiger partial charge in [-0.15, -0.1) is 0 Å². The molecule has 40 heteroatoms. The van der Waals surface area contributed by atoms with Crippen LogP contribution in [0.2, 0.25) is 0 Å². The Morgan fingerprint density at radius 2 is 0.914 bits per heavy atom. The highest BCUT2D eigenvalue weighted by molar-refractivity contribution is 6.00. The first-order valence-electron chi connectivity index (χ1n) is 33.5. The van der Waals surface area contributed by atoms with E-state index in [4.69, 9.17) is 28.7 Å². The number of carbonyl (C=O) groups excluding carboxylic acids is 14. The molecule has 0 aliphatic carbocycles. The fraction of sp³-hybridized carbons (Fsp3) is 0.508. The SMILES string of the molecule is CC[C@H](C)[C@H](NC(=O)[C@H](CCCN=C(N)N)NC(=O)[C@H](CC(=O)O)NC(=O)[C@H](C)NC(=O)[C@H](C)NC(=O)CNC(=O)[C@H](CC(=O)O)NC(=O)[C@H](CCCCN)NC(=O)[C@H](Cc1ccccc1)NC(=O)CN)C(=O)N[C@@H](CO)C(=O)N[C@@H](Cc1cnc[nH]1)C(=O)NCC(=O)N[C@@H](Cc1ccccc1)C(N)=O. The number of guanidine groups is 1. The molecule has 3 rings (SSSR count). The number of amides is 14. The lowest BCUT2D eigenvalue weighted by Crippen LogP contribution is -2.61. The zero-order valence-electron chi connectivity index (χ0n) is 58.5. The molecule has 3 aromatic rings. The Bertz CT molecular complexity index is 3470. The number of rotatable bonds is 48. The molecular weight excluding hydrogens is 1380 g/mol. The third-order valence-corrected chi connectivity index (χ3v) is 15.9. The Balaban J connectivity index is 1.71. The number of aromatic amines is 1. The van der Waals surface area contributed by atoms with Crippen molar-refractivity contribution in [2.75, 3.05) is 39.3 Å². The van der Waals surface area contributed by atoms with Crippen LogP contribution in [0, 0.1) is 5.92 Å². The third-order valence-electron chi connectivity index (χ3n) is 15.9. The standard InChI is InChI=1S/C65H97N21O19/c1-5-34(2)53(64(105)85-47(32-87)63(104)83-44(25-39-29-71-33-75-39)57(98)74-31-50(90)78-42(54(68)95)23-37-15-8-6-9-16-37)86-60(101)41(20-14-22-72-65(69)70)81-62(103)46(27-52(93)94)82-56(97)36(4)77-55(96)35(3)76-49(89)30-73-58(99)45(26-51(91)92)84-59(100)40(19-12-13-21-66)80-61(102)43(79-48(88)28-67)24-38-17-10-7-11-18-38/h6-11,15-18,29,33-36,40-47,53,87H,5,12-14,19-28,30-32,66-67H2,1-4H3,(H2,68,95)(H,71,75)(H,73,99)(H,74,98)(H,76,89)(H,77,96)(H,78,90)(H,79,88)(H,80,102)(H,81,103)(H,82,97)(H,83,104)(H,84,100)(H,85,105)(H,86,101)(H,91,92)(H,93,94)(H4,69,70,72)/t34-,35-,36-,40-,41-,42-,43-,44-,45-,46-,47-,53-/m0/s1. The topological polar surface area (TPSA) is 661 Å². The van der Waals surface area contributed by atoms with Gasteiger partial charge in [0, 0.05) is 37.7 Å². The molecule has 0 radical (unpaired) electrons. The van der Waals surface area contributed by atoms with E-state index in [0.29, 0.717) is 23.2 Å². The molecule has 0 saturated heterocycles. The van der Waals surface area contributed by atoms with Gasteiger partial charge in [0.15, 0.2) is 5.96 Å². The smallest absolute Gasteiger partial charge is 0.305 e. The average Bonchev–Trinajstić information content (AvgIpc) is 1.46. The van der Waals surface area contributed by atoms with Crippen molar-refractivity contribution in [3.05, 3.63) is 90.0 Å². The lowest BCUT2D eigenvalue weighted by atomic mass is 9.97. The molecule has 2 aromatic carbocycles. The number of H-pyrrole nitrogens is 1. The highest BCUT2D eigenvalue weighted by atomic mass is 16.4. The second-order valence-electron chi connectivity index (χ2n) is 24.3. The van der Waals surface area contributed by atoms with E-state index < -0.39 is 206 Å². The van der Waals surface area contributed by atoms with Crippen LogP contribution >= 0.6 is 0 Å². The molecular formula is C65H97N21O19. The van der Waals surface area contributed by atoms with Crippen molar-refractivity contribution in [2.45, 2.75) is 165 Å². The number of carbonyl (C=O) groups is 16. The number of aliphatic hydroxyl groups excluding tert-OH is 1. The first kappa shape index (κ1) is 87.5. The largest absolute Gasteiger partial charge is 0.481 e. The summed E-state index contributed by atoms with van der Waals surface area (Å²) in [6, 6.07) is 0.0504. The van der Waals surface area contributed by atoms with Crippen LogP contribution in [0.1, 0.15) is 95.9 Å². The molecule has 0 aliphatic rings. The van der Waals surface area contributed by atoms with Crippen molar-refractivity contribution in [1.82, 2.24) is 79.1 Å². The van der Waals surface area contributed by atoms with E-state index in [1.54, 1.807) is 67.6 Å². The first-order valence-corrected chi connectivity index (χ1v) is 33.5. The second-order valence-corrected chi connectivity index (χ2v) is 24.3. The average molecular weight is 1480 g/mol. The van der Waals surface area contributed by atoms with Crippen LogP contribution in [0.25, 0.3) is 0 Å². The molecule has 12 atom stereocenters. The number of primary amides is 1. The van der Waals surface area contributed by atoms with Gasteiger partial charge in [-0.1, -0.05) is 80.9 Å². The number of aliphatic carboxylic acids is 2. The molecule has 0 bridgehead atoms. The summed E-state index contributed by atoms with van der Waals surface area (Å²) in [7, 11) is 0. The van der Waals surface area contributed by atoms with E-state index in [1.165, 1.54) is 19.4 Å². The van der Waals surface area contributed by atoms with Crippen molar-refractivity contribution >= 4 is 101 Å². The Morgan fingerprint density at radius 3 is 1.43 bits per heavy atom. The molecule has 0 fully saturated rings. The van der Waals surface area contributed by atoms with Crippen LogP contribution < -0.4 is 97.8 Å². The van der Waals surface area contributed by atoms with Crippen molar-refractivity contribution in [2.24, 2.45) is 39.6 Å². The van der Waals surface area contributed by atoms with E-state index in [9.17, 15) is 92.0 Å². The van der Waals surface area contributed by atoms with E-state index >= 15 is 0 Å². The maximum Gasteiger partial charge on any atom is 0.305 e. The molecule has 576 valence electrons. The maximum atomic E-state index is 14.3. The summed E-state index contributed by atoms with van der Waals surface area (Å²) in [5.41, 5.74) is 29.3. The number of hydrogen-bond donors (Lipinski definition) is 22. The zero-order chi connectivity index (χ0) is 78.3. The number of nitrogens with two attached hydrogens (primary N) is 5. The van der Waals surface area contributed by atoms with Crippen LogP contribution in [0.3, 0.4) is 0 Å². The first-order chi connectivity index (χ1) is 49.8. The van der Waals surface area contributed by atoms with E-state index in [1.807, 2.05) is 0 Å². The van der Waals surface area contributed by atoms with Crippen molar-refractivity contribution in [3.8, 4) is 0 Å². The van der Waals surface area contributed by atoms with Gasteiger partial charge in [-0.25, -0.2) is 4.98 Å². The lowest BCUT2D eigenvalue weighted by Gasteiger charge is -2.29. The summed E-state index contributed by atoms with van der Waals surface area (Å²) in [6.45, 7) is 2.42. The Labute approximate surface area is 603 Å². The van der Waals surface area contributed by atoms with Crippen LogP contribution in [0.5, 0.6) is 0 Å². The van der Waals surface area contributed by atoms with Gasteiger partial charge in [-0.3, -0.25) is 81.7 Å². The molecule has 105 heavy (non-hydrogen) atoms. The molecule has 1 heterocycles. The highest BCUT2D eigenvalue weighted by Crippen LogP contribution is 2.13. The number of unbranched alkanes of at least 4 members (excludes halogenated alkanes) is 1. The van der Waals surface area contributed by atoms with Crippen molar-refractivity contribution in [1.29, 1.82) is 0 Å². The van der Waals surface area contributed by atoms with E-state index in [0.717, 1.165) is 13.8 Å². The number of imidazole rings is 1. The van der Waals surface area contributed by atoms with Crippen LogP contribution in [0.4, 0.5) is 0 Å². The summed E-state index contributed by atoms with van der Waals surface area (Å²) >= 11 is 0. The monoisotopic (exact) mass is 1480 g/mol. The normalized spacial score (nSPS) is 14.3. The minimum absolute atomic E-state index is 0.0122. The number of carboxylic acid groups (broad SMARTS) is 2. The summed E-state index contributed by atoms with van der Waals surface area (Å²) in [5.74, 6) is -18.3. The fourth-order valence-electron chi connectivity index (χ4n) is 9.90. The number of nitrogens with zero attached hydrogens (tertiary/aromatic N) is 2. The predicted octanol–water partition coefficient (Wildman–Crippen LogP) is -8.34. The number of benzene rings is 2. The van der Waals surface area contributed by atoms with Gasteiger partial charge < -0.3 is 118 Å². The van der Waals surface area contributed by atoms with Gasteiger partial charge >= 0.3 is 11.9 Å². The van der Waals surface area contributed by atoms with Crippen molar-refractivity contribution in [3.63, 3.8) is 0 Å². The van der Waals surface area contributed by atoms with Gasteiger partial charge in [-0.05, 0) is 69.5 Å². The third kappa shape index (κ3) is 32.9. The number of carboxylic acids is 2. The number of aliphatic imine (C=N–C) groups is 1. The van der Waals surface area contributed by atoms with E-state index in [2.05, 4.69) is 84.1 Å². The molecule has 0 saturated carbocycles. The van der Waals surface area contributed by atoms with Crippen LogP contribution in [0.15, 0.2) is 78.2 Å². The number of hydrogen-bond acceptors (Lipinski definition) is 21. The van der Waals surface area contributed by atoms with Gasteiger partial charge in [0.25, 0.3) is 0 Å². The number of aliphatic hydroxyl groups is 1. The van der Waals surface area contributed by atoms with Crippen molar-refractivity contribution < 1.29 is 92.0 Å². The fourth-order valence-corrected chi connectivity index (χ4v) is 9.90. The Hall–Kier alpha value is -11.7. The number of aromatic nitrogens is 2. The second kappa shape index (κ2) is 46.0. The molecule has 0 unspecified atom stereocenters. The van der Waals surface area contributed by atoms with Crippen LogP contribution in [-0.2, 0) is 96.0 Å². The molecule has 1 aromatic heterocycles. The molecule has 27 N–H and O–H groups in total. The highest BCUT2D eigenvalue weighted by Gasteiger charge is 2.37. The Kier molecular flexibility index (Phi) is 38.4. The molecule has 0 aliphatic heterocycles. The maximum absolute atomic E-state index is 14.3. The summed E-state index contributed by atoms with van der Waals surface area (Å²) in [4.78, 5) is 223. The van der Waals surface area contributed by atoms with Gasteiger partial charge in [0.2, 0.25) is 82.7 Å². The summed E-state index contributed by atoms with van der Waals surface area (Å²) < 4.78 is 0. The molecule has 40 nitrogen and oxygen atoms in total.